The molecular weight excluding hydrogens is 316 g/mol. The standard InChI is InChI=1S/C17H13F2N3O2/c1-10-2-4-11(5-3-10)17-21-15(22-24-17)16(23)20-9-12-6-7-13(18)8-14(12)19/h2-8H,9H2,1H3,(H,20,23). The quantitative estimate of drug-likeness (QED) is 0.798. The van der Waals surface area contributed by atoms with E-state index in [1.54, 1.807) is 12.1 Å². The zero-order valence-corrected chi connectivity index (χ0v) is 12.7. The smallest absolute Gasteiger partial charge is 0.292 e. The van der Waals surface area contributed by atoms with Crippen LogP contribution in [0.5, 0.6) is 0 Å². The minimum absolute atomic E-state index is 0.112. The first-order valence-electron chi connectivity index (χ1n) is 7.16. The maximum Gasteiger partial charge on any atom is 0.292 e. The molecule has 0 bridgehead atoms. The van der Waals surface area contributed by atoms with Crippen LogP contribution in [-0.2, 0) is 6.54 Å². The van der Waals surface area contributed by atoms with Crippen molar-refractivity contribution in [3.05, 3.63) is 71.1 Å². The van der Waals surface area contributed by atoms with Gasteiger partial charge in [-0.1, -0.05) is 28.9 Å². The van der Waals surface area contributed by atoms with Crippen molar-refractivity contribution >= 4 is 5.91 Å². The summed E-state index contributed by atoms with van der Waals surface area (Å²) < 4.78 is 31.4. The second kappa shape index (κ2) is 6.57. The van der Waals surface area contributed by atoms with E-state index in [1.165, 1.54) is 6.07 Å². The van der Waals surface area contributed by atoms with Crippen molar-refractivity contribution in [3.8, 4) is 11.5 Å². The van der Waals surface area contributed by atoms with E-state index in [0.717, 1.165) is 17.7 Å². The average molecular weight is 329 g/mol. The van der Waals surface area contributed by atoms with E-state index < -0.39 is 17.5 Å². The van der Waals surface area contributed by atoms with Crippen LogP contribution >= 0.6 is 0 Å². The molecule has 24 heavy (non-hydrogen) atoms. The van der Waals surface area contributed by atoms with Gasteiger partial charge in [-0.25, -0.2) is 8.78 Å². The SMILES string of the molecule is Cc1ccc(-c2nc(C(=O)NCc3ccc(F)cc3F)no2)cc1. The Kier molecular flexibility index (Phi) is 4.33. The van der Waals surface area contributed by atoms with Crippen LogP contribution < -0.4 is 5.32 Å². The molecule has 1 amide bonds. The monoisotopic (exact) mass is 329 g/mol. The van der Waals surface area contributed by atoms with Crippen molar-refractivity contribution in [2.75, 3.05) is 0 Å². The largest absolute Gasteiger partial charge is 0.345 e. The fourth-order valence-electron chi connectivity index (χ4n) is 2.05. The molecule has 2 aromatic carbocycles. The lowest BCUT2D eigenvalue weighted by Gasteiger charge is -2.04. The number of halogens is 2. The minimum atomic E-state index is -0.733. The van der Waals surface area contributed by atoms with Gasteiger partial charge in [-0.05, 0) is 25.1 Å². The number of rotatable bonds is 4. The topological polar surface area (TPSA) is 68.0 Å². The maximum atomic E-state index is 13.5. The van der Waals surface area contributed by atoms with Gasteiger partial charge in [0.25, 0.3) is 17.6 Å². The molecule has 1 aromatic heterocycles. The van der Waals surface area contributed by atoms with Crippen LogP contribution in [0.25, 0.3) is 11.5 Å². The summed E-state index contributed by atoms with van der Waals surface area (Å²) in [4.78, 5) is 16.0. The molecule has 5 nitrogen and oxygen atoms in total. The highest BCUT2D eigenvalue weighted by Crippen LogP contribution is 2.17. The van der Waals surface area contributed by atoms with Gasteiger partial charge in [0.15, 0.2) is 0 Å². The normalized spacial score (nSPS) is 10.6. The molecule has 0 saturated heterocycles. The van der Waals surface area contributed by atoms with Crippen molar-refractivity contribution in [1.82, 2.24) is 15.5 Å². The second-order valence-electron chi connectivity index (χ2n) is 5.21. The van der Waals surface area contributed by atoms with E-state index in [4.69, 9.17) is 4.52 Å². The molecule has 0 unspecified atom stereocenters. The lowest BCUT2D eigenvalue weighted by molar-refractivity contribution is 0.0937. The van der Waals surface area contributed by atoms with Gasteiger partial charge in [-0.15, -0.1) is 0 Å². The van der Waals surface area contributed by atoms with E-state index >= 15 is 0 Å². The number of hydrogen-bond donors (Lipinski definition) is 1. The highest BCUT2D eigenvalue weighted by molar-refractivity contribution is 5.90. The van der Waals surface area contributed by atoms with Crippen molar-refractivity contribution in [2.24, 2.45) is 0 Å². The highest BCUT2D eigenvalue weighted by atomic mass is 19.1. The summed E-state index contributed by atoms with van der Waals surface area (Å²) in [5, 5.41) is 6.07. The molecule has 0 aliphatic rings. The summed E-state index contributed by atoms with van der Waals surface area (Å²) in [5.41, 5.74) is 1.93. The zero-order valence-electron chi connectivity index (χ0n) is 12.7. The Morgan fingerprint density at radius 2 is 1.92 bits per heavy atom. The number of carbonyl (C=O) groups excluding carboxylic acids is 1. The molecule has 3 aromatic rings. The zero-order chi connectivity index (χ0) is 17.1. The summed E-state index contributed by atoms with van der Waals surface area (Å²) in [5.74, 6) is -1.96. The first kappa shape index (κ1) is 15.8. The predicted octanol–water partition coefficient (Wildman–Crippen LogP) is 3.25. The van der Waals surface area contributed by atoms with Gasteiger partial charge >= 0.3 is 0 Å². The number of nitrogens with one attached hydrogen (secondary N) is 1. The van der Waals surface area contributed by atoms with Gasteiger partial charge < -0.3 is 9.84 Å². The van der Waals surface area contributed by atoms with Gasteiger partial charge in [0.1, 0.15) is 11.6 Å². The molecule has 0 aliphatic carbocycles. The van der Waals surface area contributed by atoms with Crippen LogP contribution in [0.1, 0.15) is 21.7 Å². The van der Waals surface area contributed by atoms with Crippen LogP contribution in [-0.4, -0.2) is 16.0 Å². The molecular formula is C17H13F2N3O2. The molecule has 0 saturated carbocycles. The Labute approximate surface area is 136 Å². The molecule has 0 atom stereocenters. The fraction of sp³-hybridized carbons (Fsp3) is 0.118. The number of amides is 1. The summed E-state index contributed by atoms with van der Waals surface area (Å²) in [6.45, 7) is 1.84. The molecule has 1 N–H and O–H groups in total. The predicted molar refractivity (Wildman–Crippen MR) is 82.0 cm³/mol. The molecule has 1 heterocycles. The van der Waals surface area contributed by atoms with Crippen LogP contribution in [0, 0.1) is 18.6 Å². The minimum Gasteiger partial charge on any atom is -0.345 e. The Morgan fingerprint density at radius 1 is 1.17 bits per heavy atom. The molecule has 0 aliphatic heterocycles. The average Bonchev–Trinajstić information content (AvgIpc) is 3.04. The summed E-state index contributed by atoms with van der Waals surface area (Å²) >= 11 is 0. The second-order valence-corrected chi connectivity index (χ2v) is 5.21. The van der Waals surface area contributed by atoms with Gasteiger partial charge in [0.2, 0.25) is 0 Å². The summed E-state index contributed by atoms with van der Waals surface area (Å²) in [6, 6.07) is 10.5. The Morgan fingerprint density at radius 3 is 2.62 bits per heavy atom. The van der Waals surface area contributed by atoms with E-state index in [1.807, 2.05) is 19.1 Å². The number of carbonyl (C=O) groups is 1. The fourth-order valence-corrected chi connectivity index (χ4v) is 2.05. The van der Waals surface area contributed by atoms with Crippen LogP contribution in [0.15, 0.2) is 47.0 Å². The van der Waals surface area contributed by atoms with Gasteiger partial charge in [0, 0.05) is 23.7 Å². The van der Waals surface area contributed by atoms with E-state index in [0.29, 0.717) is 5.56 Å². The molecule has 0 radical (unpaired) electrons. The first-order valence-corrected chi connectivity index (χ1v) is 7.16. The van der Waals surface area contributed by atoms with Crippen molar-refractivity contribution in [1.29, 1.82) is 0 Å². The molecule has 0 fully saturated rings. The van der Waals surface area contributed by atoms with Gasteiger partial charge in [-0.2, -0.15) is 4.98 Å². The Balaban J connectivity index is 1.68. The van der Waals surface area contributed by atoms with E-state index in [9.17, 15) is 13.6 Å². The Bertz CT molecular complexity index is 876. The molecule has 3 rings (SSSR count). The lowest BCUT2D eigenvalue weighted by Crippen LogP contribution is -2.24. The number of hydrogen-bond acceptors (Lipinski definition) is 4. The number of nitrogens with zero attached hydrogens (tertiary/aromatic N) is 2. The maximum absolute atomic E-state index is 13.5. The van der Waals surface area contributed by atoms with Crippen LogP contribution in [0.2, 0.25) is 0 Å². The van der Waals surface area contributed by atoms with Crippen molar-refractivity contribution in [2.45, 2.75) is 13.5 Å². The number of aryl methyl sites for hydroxylation is 1. The number of benzene rings is 2. The number of aromatic nitrogens is 2. The lowest BCUT2D eigenvalue weighted by atomic mass is 10.1. The Hall–Kier alpha value is -3.09. The summed E-state index contributed by atoms with van der Waals surface area (Å²) in [6.07, 6.45) is 0. The summed E-state index contributed by atoms with van der Waals surface area (Å²) in [7, 11) is 0. The van der Waals surface area contributed by atoms with Crippen molar-refractivity contribution in [3.63, 3.8) is 0 Å². The molecule has 7 heteroatoms. The molecule has 0 spiro atoms. The van der Waals surface area contributed by atoms with Gasteiger partial charge in [-0.3, -0.25) is 4.79 Å². The van der Waals surface area contributed by atoms with Crippen LogP contribution in [0.3, 0.4) is 0 Å². The van der Waals surface area contributed by atoms with E-state index in [-0.39, 0.29) is 23.8 Å². The van der Waals surface area contributed by atoms with Crippen LogP contribution in [0.4, 0.5) is 8.78 Å². The first-order chi connectivity index (χ1) is 11.5. The van der Waals surface area contributed by atoms with Gasteiger partial charge in [0.05, 0.1) is 0 Å². The molecule has 122 valence electrons. The third-order valence-corrected chi connectivity index (χ3v) is 3.38. The third kappa shape index (κ3) is 3.45. The third-order valence-electron chi connectivity index (χ3n) is 3.38. The van der Waals surface area contributed by atoms with Crippen molar-refractivity contribution < 1.29 is 18.1 Å². The highest BCUT2D eigenvalue weighted by Gasteiger charge is 2.16. The van der Waals surface area contributed by atoms with E-state index in [2.05, 4.69) is 15.5 Å².